The first kappa shape index (κ1) is 15.0. The highest BCUT2D eigenvalue weighted by atomic mass is 16.4. The number of para-hydroxylation sites is 1. The molecule has 116 valence electrons. The molecule has 5 nitrogen and oxygen atoms in total. The number of anilines is 1. The number of aromatic nitrogens is 2. The van der Waals surface area contributed by atoms with Gasteiger partial charge in [0.2, 0.25) is 17.7 Å². The summed E-state index contributed by atoms with van der Waals surface area (Å²) in [7, 11) is 0. The highest BCUT2D eigenvalue weighted by Crippen LogP contribution is 2.27. The van der Waals surface area contributed by atoms with Crippen LogP contribution in [0, 0.1) is 6.92 Å². The number of nitrogens with one attached hydrogen (secondary N) is 1. The van der Waals surface area contributed by atoms with Crippen LogP contribution in [0.1, 0.15) is 29.7 Å². The number of carbonyl (C=O) groups excluding carboxylic acids is 1. The molecule has 0 fully saturated rings. The van der Waals surface area contributed by atoms with Gasteiger partial charge in [0.15, 0.2) is 0 Å². The zero-order chi connectivity index (χ0) is 16.1. The van der Waals surface area contributed by atoms with Gasteiger partial charge >= 0.3 is 0 Å². The van der Waals surface area contributed by atoms with Crippen LogP contribution in [0.5, 0.6) is 0 Å². The Labute approximate surface area is 134 Å². The monoisotopic (exact) mass is 307 g/mol. The summed E-state index contributed by atoms with van der Waals surface area (Å²) in [5.74, 6) is 0.586. The molecule has 0 spiro atoms. The predicted octanol–water partition coefficient (Wildman–Crippen LogP) is 3.54. The van der Waals surface area contributed by atoms with Crippen LogP contribution in [-0.4, -0.2) is 16.1 Å². The number of aryl methyl sites for hydroxylation is 1. The van der Waals surface area contributed by atoms with E-state index in [1.807, 2.05) is 60.7 Å². The van der Waals surface area contributed by atoms with Gasteiger partial charge in [-0.15, -0.1) is 10.2 Å². The lowest BCUT2D eigenvalue weighted by Crippen LogP contribution is -2.16. The number of hydrogen-bond donors (Lipinski definition) is 1. The van der Waals surface area contributed by atoms with Gasteiger partial charge in [-0.2, -0.15) is 0 Å². The van der Waals surface area contributed by atoms with E-state index in [0.29, 0.717) is 11.8 Å². The second-order valence-electron chi connectivity index (χ2n) is 5.24. The summed E-state index contributed by atoms with van der Waals surface area (Å²) in [5, 5.41) is 10.9. The Balaban J connectivity index is 1.80. The fraction of sp³-hybridized carbons (Fsp3) is 0.167. The van der Waals surface area contributed by atoms with Crippen molar-refractivity contribution in [2.24, 2.45) is 0 Å². The molecule has 1 heterocycles. The van der Waals surface area contributed by atoms with E-state index in [1.165, 1.54) is 0 Å². The van der Waals surface area contributed by atoms with Crippen LogP contribution in [0.4, 0.5) is 5.69 Å². The van der Waals surface area contributed by atoms with Crippen LogP contribution >= 0.6 is 0 Å². The molecule has 1 atom stereocenters. The number of amides is 1. The highest BCUT2D eigenvalue weighted by molar-refractivity contribution is 5.91. The number of carbonyl (C=O) groups is 1. The molecule has 0 unspecified atom stereocenters. The summed E-state index contributed by atoms with van der Waals surface area (Å²) in [4.78, 5) is 12.4. The first-order valence-electron chi connectivity index (χ1n) is 7.42. The first-order chi connectivity index (χ1) is 11.2. The molecule has 23 heavy (non-hydrogen) atoms. The summed E-state index contributed by atoms with van der Waals surface area (Å²) < 4.78 is 5.55. The zero-order valence-corrected chi connectivity index (χ0v) is 12.8. The van der Waals surface area contributed by atoms with E-state index in [2.05, 4.69) is 15.5 Å². The average Bonchev–Trinajstić information content (AvgIpc) is 3.00. The normalized spacial score (nSPS) is 11.9. The van der Waals surface area contributed by atoms with Crippen LogP contribution in [0.25, 0.3) is 0 Å². The summed E-state index contributed by atoms with van der Waals surface area (Å²) in [6, 6.07) is 19.1. The Morgan fingerprint density at radius 1 is 1.04 bits per heavy atom. The maximum Gasteiger partial charge on any atom is 0.225 e. The molecule has 0 saturated carbocycles. The summed E-state index contributed by atoms with van der Waals surface area (Å²) in [6.45, 7) is 1.74. The lowest BCUT2D eigenvalue weighted by Gasteiger charge is -2.13. The molecular formula is C18H17N3O2. The number of benzene rings is 2. The van der Waals surface area contributed by atoms with E-state index in [9.17, 15) is 4.79 Å². The summed E-state index contributed by atoms with van der Waals surface area (Å²) >= 11 is 0. The molecule has 0 saturated heterocycles. The first-order valence-corrected chi connectivity index (χ1v) is 7.42. The average molecular weight is 307 g/mol. The van der Waals surface area contributed by atoms with Crippen molar-refractivity contribution >= 4 is 11.6 Å². The van der Waals surface area contributed by atoms with Crippen molar-refractivity contribution in [3.05, 3.63) is 78.0 Å². The molecule has 0 aliphatic heterocycles. The molecule has 0 aliphatic carbocycles. The Bertz CT molecular complexity index is 769. The zero-order valence-electron chi connectivity index (χ0n) is 12.8. The number of rotatable bonds is 5. The van der Waals surface area contributed by atoms with Crippen molar-refractivity contribution in [2.75, 3.05) is 5.32 Å². The lowest BCUT2D eigenvalue weighted by atomic mass is 9.95. The smallest absolute Gasteiger partial charge is 0.225 e. The maximum absolute atomic E-state index is 12.4. The Hall–Kier alpha value is -2.95. The van der Waals surface area contributed by atoms with Gasteiger partial charge in [-0.05, 0) is 17.7 Å². The van der Waals surface area contributed by atoms with Gasteiger partial charge in [-0.1, -0.05) is 48.5 Å². The van der Waals surface area contributed by atoms with Crippen molar-refractivity contribution in [1.82, 2.24) is 10.2 Å². The van der Waals surface area contributed by atoms with E-state index in [4.69, 9.17) is 4.42 Å². The molecule has 1 amide bonds. The summed E-state index contributed by atoms with van der Waals surface area (Å²) in [6.07, 6.45) is 0.237. The molecule has 2 aromatic carbocycles. The Morgan fingerprint density at radius 2 is 1.70 bits per heavy atom. The third-order valence-corrected chi connectivity index (χ3v) is 3.49. The van der Waals surface area contributed by atoms with Crippen LogP contribution in [-0.2, 0) is 4.79 Å². The maximum atomic E-state index is 12.4. The molecule has 0 radical (unpaired) electrons. The fourth-order valence-corrected chi connectivity index (χ4v) is 2.40. The summed E-state index contributed by atoms with van der Waals surface area (Å²) in [5.41, 5.74) is 1.74. The fourth-order valence-electron chi connectivity index (χ4n) is 2.40. The molecule has 5 heteroatoms. The van der Waals surface area contributed by atoms with Crippen LogP contribution in [0.15, 0.2) is 65.1 Å². The van der Waals surface area contributed by atoms with E-state index >= 15 is 0 Å². The standard InChI is InChI=1S/C18H17N3O2/c1-13-20-21-18(23-13)16(14-8-4-2-5-9-14)12-17(22)19-15-10-6-3-7-11-15/h2-11,16H,12H2,1H3,(H,19,22)/t16-/m1/s1. The molecular weight excluding hydrogens is 290 g/mol. The third-order valence-electron chi connectivity index (χ3n) is 3.49. The van der Waals surface area contributed by atoms with Gasteiger partial charge in [-0.3, -0.25) is 4.79 Å². The van der Waals surface area contributed by atoms with Gasteiger partial charge in [0.05, 0.1) is 5.92 Å². The second-order valence-corrected chi connectivity index (χ2v) is 5.24. The van der Waals surface area contributed by atoms with E-state index in [0.717, 1.165) is 11.3 Å². The van der Waals surface area contributed by atoms with E-state index < -0.39 is 0 Å². The van der Waals surface area contributed by atoms with Gasteiger partial charge in [0.1, 0.15) is 0 Å². The quantitative estimate of drug-likeness (QED) is 0.783. The van der Waals surface area contributed by atoms with Crippen molar-refractivity contribution in [2.45, 2.75) is 19.3 Å². The third kappa shape index (κ3) is 3.83. The van der Waals surface area contributed by atoms with Crippen LogP contribution in [0.3, 0.4) is 0 Å². The largest absolute Gasteiger partial charge is 0.425 e. The van der Waals surface area contributed by atoms with Crippen molar-refractivity contribution in [3.63, 3.8) is 0 Å². The van der Waals surface area contributed by atoms with Crippen molar-refractivity contribution in [1.29, 1.82) is 0 Å². The van der Waals surface area contributed by atoms with E-state index in [1.54, 1.807) is 6.92 Å². The van der Waals surface area contributed by atoms with Gasteiger partial charge in [0, 0.05) is 19.0 Å². The molecule has 0 bridgehead atoms. The molecule has 3 aromatic rings. The second kappa shape index (κ2) is 6.87. The predicted molar refractivity (Wildman–Crippen MR) is 87.0 cm³/mol. The van der Waals surface area contributed by atoms with Gasteiger partial charge in [-0.25, -0.2) is 0 Å². The molecule has 0 aliphatic rings. The number of nitrogens with zero attached hydrogens (tertiary/aromatic N) is 2. The minimum Gasteiger partial charge on any atom is -0.425 e. The van der Waals surface area contributed by atoms with Crippen molar-refractivity contribution in [3.8, 4) is 0 Å². The minimum absolute atomic E-state index is 0.0964. The van der Waals surface area contributed by atoms with Gasteiger partial charge in [0.25, 0.3) is 0 Å². The topological polar surface area (TPSA) is 68.0 Å². The molecule has 3 rings (SSSR count). The molecule has 1 aromatic heterocycles. The van der Waals surface area contributed by atoms with Crippen LogP contribution in [0.2, 0.25) is 0 Å². The van der Waals surface area contributed by atoms with E-state index in [-0.39, 0.29) is 18.2 Å². The SMILES string of the molecule is Cc1nnc([C@H](CC(=O)Nc2ccccc2)c2ccccc2)o1. The van der Waals surface area contributed by atoms with Gasteiger partial charge < -0.3 is 9.73 Å². The highest BCUT2D eigenvalue weighted by Gasteiger charge is 2.23. The lowest BCUT2D eigenvalue weighted by molar-refractivity contribution is -0.116. The Morgan fingerprint density at radius 3 is 2.30 bits per heavy atom. The number of hydrogen-bond acceptors (Lipinski definition) is 4. The Kier molecular flexibility index (Phi) is 4.47. The minimum atomic E-state index is -0.263. The van der Waals surface area contributed by atoms with Crippen LogP contribution < -0.4 is 5.32 Å². The van der Waals surface area contributed by atoms with Crippen molar-refractivity contribution < 1.29 is 9.21 Å². The molecule has 1 N–H and O–H groups in total.